The average Bonchev–Trinajstić information content (AvgIpc) is 3.58. The minimum Gasteiger partial charge on any atom is -0.456 e. The van der Waals surface area contributed by atoms with Crippen molar-refractivity contribution in [2.24, 2.45) is 9.98 Å². The first-order valence-electron chi connectivity index (χ1n) is 16.5. The first-order valence-corrected chi connectivity index (χ1v) is 16.5. The number of rotatable bonds is 6. The second-order valence-electron chi connectivity index (χ2n) is 12.2. The van der Waals surface area contributed by atoms with Crippen molar-refractivity contribution >= 4 is 33.6 Å². The fraction of sp³-hybridized carbons (Fsp3) is 0.0222. The zero-order chi connectivity index (χ0) is 32.6. The predicted molar refractivity (Wildman–Crippen MR) is 202 cm³/mol. The topological polar surface area (TPSA) is 49.9 Å². The molecule has 4 nitrogen and oxygen atoms in total. The number of nitrogens with one attached hydrogen (secondary N) is 1. The quantitative estimate of drug-likeness (QED) is 0.199. The van der Waals surface area contributed by atoms with Gasteiger partial charge in [-0.3, -0.25) is 0 Å². The lowest BCUT2D eigenvalue weighted by Gasteiger charge is -2.24. The average molecular weight is 630 g/mol. The molecule has 4 heteroatoms. The van der Waals surface area contributed by atoms with Gasteiger partial charge in [-0.15, -0.1) is 0 Å². The van der Waals surface area contributed by atoms with Crippen molar-refractivity contribution in [3.8, 4) is 33.4 Å². The van der Waals surface area contributed by atoms with Gasteiger partial charge in [-0.25, -0.2) is 9.98 Å². The number of hydrogen-bond donors (Lipinski definition) is 1. The van der Waals surface area contributed by atoms with Crippen LogP contribution in [0.15, 0.2) is 190 Å². The molecule has 1 aliphatic heterocycles. The van der Waals surface area contributed by atoms with E-state index >= 15 is 0 Å². The highest BCUT2D eigenvalue weighted by Gasteiger charge is 2.24. The highest BCUT2D eigenvalue weighted by atomic mass is 16.3. The van der Waals surface area contributed by atoms with Gasteiger partial charge in [0.25, 0.3) is 0 Å². The molecule has 1 unspecified atom stereocenters. The third-order valence-electron chi connectivity index (χ3n) is 9.17. The van der Waals surface area contributed by atoms with Crippen LogP contribution in [0.3, 0.4) is 0 Å². The summed E-state index contributed by atoms with van der Waals surface area (Å²) in [4.78, 5) is 10.2. The van der Waals surface area contributed by atoms with Crippen molar-refractivity contribution < 1.29 is 4.42 Å². The Morgan fingerprint density at radius 3 is 1.63 bits per heavy atom. The fourth-order valence-electron chi connectivity index (χ4n) is 6.77. The summed E-state index contributed by atoms with van der Waals surface area (Å²) in [6, 6.07) is 61.0. The number of benzene rings is 7. The third kappa shape index (κ3) is 5.39. The Bertz CT molecular complexity index is 2500. The molecule has 0 saturated heterocycles. The van der Waals surface area contributed by atoms with Crippen molar-refractivity contribution in [3.63, 3.8) is 0 Å². The van der Waals surface area contributed by atoms with Gasteiger partial charge in [0.2, 0.25) is 0 Å². The van der Waals surface area contributed by atoms with Crippen LogP contribution in [0.1, 0.15) is 22.9 Å². The molecule has 1 N–H and O–H groups in total. The second-order valence-corrected chi connectivity index (χ2v) is 12.2. The maximum atomic E-state index is 6.53. The molecule has 0 amide bonds. The van der Waals surface area contributed by atoms with Crippen LogP contribution in [0.25, 0.3) is 55.3 Å². The predicted octanol–water partition coefficient (Wildman–Crippen LogP) is 11.1. The van der Waals surface area contributed by atoms with Gasteiger partial charge in [0.15, 0.2) is 5.84 Å². The molecule has 0 bridgehead atoms. The third-order valence-corrected chi connectivity index (χ3v) is 9.17. The molecule has 232 valence electrons. The normalized spacial score (nSPS) is 14.3. The molecule has 2 heterocycles. The molecule has 1 aromatic heterocycles. The van der Waals surface area contributed by atoms with Crippen molar-refractivity contribution in [1.82, 2.24) is 5.32 Å². The first kappa shape index (κ1) is 28.7. The molecule has 1 aliphatic rings. The first-order chi connectivity index (χ1) is 24.3. The van der Waals surface area contributed by atoms with E-state index in [0.717, 1.165) is 61.2 Å². The maximum Gasteiger partial charge on any atom is 0.159 e. The molecular weight excluding hydrogens is 599 g/mol. The Kier molecular flexibility index (Phi) is 7.17. The van der Waals surface area contributed by atoms with Crippen LogP contribution in [-0.4, -0.2) is 11.7 Å². The molecule has 0 spiro atoms. The number of amidine groups is 2. The van der Waals surface area contributed by atoms with Crippen molar-refractivity contribution in [3.05, 3.63) is 193 Å². The number of hydrogen-bond acceptors (Lipinski definition) is 4. The molecule has 0 radical (unpaired) electrons. The van der Waals surface area contributed by atoms with Gasteiger partial charge in [0.05, 0.1) is 0 Å². The Hall–Kier alpha value is -6.52. The second kappa shape index (κ2) is 12.3. The Balaban J connectivity index is 1.17. The molecule has 0 fully saturated rings. The molecule has 0 aliphatic carbocycles. The maximum absolute atomic E-state index is 6.53. The van der Waals surface area contributed by atoms with Crippen LogP contribution in [0.4, 0.5) is 0 Å². The van der Waals surface area contributed by atoms with E-state index in [-0.39, 0.29) is 6.17 Å². The van der Waals surface area contributed by atoms with E-state index in [2.05, 4.69) is 127 Å². The molecule has 0 saturated carbocycles. The number of furan rings is 1. The van der Waals surface area contributed by atoms with Gasteiger partial charge < -0.3 is 9.73 Å². The van der Waals surface area contributed by atoms with E-state index in [9.17, 15) is 0 Å². The van der Waals surface area contributed by atoms with Crippen LogP contribution in [0.2, 0.25) is 0 Å². The largest absolute Gasteiger partial charge is 0.456 e. The molecule has 7 aromatic carbocycles. The van der Waals surface area contributed by atoms with Crippen LogP contribution < -0.4 is 5.32 Å². The fourth-order valence-corrected chi connectivity index (χ4v) is 6.77. The van der Waals surface area contributed by atoms with E-state index in [1.165, 1.54) is 16.7 Å². The number of fused-ring (bicyclic) bond motifs is 3. The Morgan fingerprint density at radius 1 is 0.429 bits per heavy atom. The van der Waals surface area contributed by atoms with Gasteiger partial charge in [-0.1, -0.05) is 158 Å². The molecule has 9 rings (SSSR count). The lowest BCUT2D eigenvalue weighted by atomic mass is 9.94. The van der Waals surface area contributed by atoms with Gasteiger partial charge >= 0.3 is 0 Å². The summed E-state index contributed by atoms with van der Waals surface area (Å²) in [6.07, 6.45) is -0.290. The van der Waals surface area contributed by atoms with Crippen molar-refractivity contribution in [1.29, 1.82) is 0 Å². The van der Waals surface area contributed by atoms with Crippen LogP contribution in [0.5, 0.6) is 0 Å². The summed E-state index contributed by atoms with van der Waals surface area (Å²) in [5.41, 5.74) is 11.7. The monoisotopic (exact) mass is 629 g/mol. The van der Waals surface area contributed by atoms with Crippen molar-refractivity contribution in [2.45, 2.75) is 6.17 Å². The SMILES string of the molecule is c1ccc(C2=NC(c3ccccc3)NC(c3cccc4oc5cccc(-c6cccc(-c7ccc(-c8ccccc8)cc7)c6)c5c34)=N2)cc1. The summed E-state index contributed by atoms with van der Waals surface area (Å²) in [6.45, 7) is 0. The van der Waals surface area contributed by atoms with Crippen LogP contribution >= 0.6 is 0 Å². The van der Waals surface area contributed by atoms with E-state index in [4.69, 9.17) is 14.4 Å². The standard InChI is InChI=1S/C45H31N3O/c1-4-13-30(14-5-1)31-25-27-32(28-26-31)35-19-10-20-36(29-35)37-21-11-23-39-41(37)42-38(22-12-24-40(42)49-39)45-47-43(33-15-6-2-7-16-33)46-44(48-45)34-17-8-3-9-18-34/h1-29,43H,(H,46,47,48). The lowest BCUT2D eigenvalue weighted by molar-refractivity contribution is 0.668. The van der Waals surface area contributed by atoms with E-state index in [1.807, 2.05) is 54.6 Å². The van der Waals surface area contributed by atoms with Crippen LogP contribution in [-0.2, 0) is 0 Å². The summed E-state index contributed by atoms with van der Waals surface area (Å²) < 4.78 is 6.53. The van der Waals surface area contributed by atoms with E-state index < -0.39 is 0 Å². The lowest BCUT2D eigenvalue weighted by Crippen LogP contribution is -2.33. The molecular formula is C45H31N3O. The molecule has 1 atom stereocenters. The van der Waals surface area contributed by atoms with Gasteiger partial charge in [-0.2, -0.15) is 0 Å². The smallest absolute Gasteiger partial charge is 0.159 e. The van der Waals surface area contributed by atoms with E-state index in [1.54, 1.807) is 0 Å². The van der Waals surface area contributed by atoms with Crippen LogP contribution in [0, 0.1) is 0 Å². The summed E-state index contributed by atoms with van der Waals surface area (Å²) in [5.74, 6) is 1.46. The number of aliphatic imine (C=N–C) groups is 2. The summed E-state index contributed by atoms with van der Waals surface area (Å²) in [5, 5.41) is 5.75. The zero-order valence-electron chi connectivity index (χ0n) is 26.6. The summed E-state index contributed by atoms with van der Waals surface area (Å²) >= 11 is 0. The molecule has 49 heavy (non-hydrogen) atoms. The minimum absolute atomic E-state index is 0.290. The Morgan fingerprint density at radius 2 is 0.939 bits per heavy atom. The van der Waals surface area contributed by atoms with Gasteiger partial charge in [0, 0.05) is 21.9 Å². The Labute approximate surface area is 284 Å². The number of nitrogens with zero attached hydrogens (tertiary/aromatic N) is 2. The highest BCUT2D eigenvalue weighted by Crippen LogP contribution is 2.40. The molecule has 8 aromatic rings. The highest BCUT2D eigenvalue weighted by molar-refractivity contribution is 6.24. The van der Waals surface area contributed by atoms with Crippen molar-refractivity contribution in [2.75, 3.05) is 0 Å². The summed E-state index contributed by atoms with van der Waals surface area (Å²) in [7, 11) is 0. The zero-order valence-corrected chi connectivity index (χ0v) is 26.6. The van der Waals surface area contributed by atoms with Gasteiger partial charge in [-0.05, 0) is 57.1 Å². The van der Waals surface area contributed by atoms with Gasteiger partial charge in [0.1, 0.15) is 23.2 Å². The van der Waals surface area contributed by atoms with E-state index in [0.29, 0.717) is 5.84 Å². The minimum atomic E-state index is -0.290.